The first-order valence-electron chi connectivity index (χ1n) is 6.19. The zero-order valence-corrected chi connectivity index (χ0v) is 11.2. The molecule has 0 aliphatic carbocycles. The van der Waals surface area contributed by atoms with Gasteiger partial charge in [0.15, 0.2) is 9.84 Å². The van der Waals surface area contributed by atoms with Crippen LogP contribution in [-0.4, -0.2) is 65.6 Å². The molecule has 1 amide bonds. The number of sulfone groups is 1. The van der Waals surface area contributed by atoms with Crippen LogP contribution in [0, 0.1) is 5.92 Å². The topological polar surface area (TPSA) is 112 Å². The third-order valence-corrected chi connectivity index (χ3v) is 5.51. The molecule has 19 heavy (non-hydrogen) atoms. The van der Waals surface area contributed by atoms with Crippen molar-refractivity contribution in [3.8, 4) is 0 Å². The average molecular weight is 291 g/mol. The Morgan fingerprint density at radius 3 is 2.53 bits per heavy atom. The van der Waals surface area contributed by atoms with Crippen LogP contribution in [-0.2, 0) is 19.4 Å². The van der Waals surface area contributed by atoms with Gasteiger partial charge in [-0.05, 0) is 12.3 Å². The van der Waals surface area contributed by atoms with Gasteiger partial charge in [0.1, 0.15) is 6.04 Å². The number of nitrogens with zero attached hydrogens (tertiary/aromatic N) is 1. The van der Waals surface area contributed by atoms with Crippen molar-refractivity contribution in [3.05, 3.63) is 0 Å². The summed E-state index contributed by atoms with van der Waals surface area (Å²) in [4.78, 5) is 24.2. The number of aliphatic hydroxyl groups is 1. The van der Waals surface area contributed by atoms with Crippen LogP contribution in [0.15, 0.2) is 0 Å². The van der Waals surface area contributed by atoms with Gasteiger partial charge < -0.3 is 15.1 Å². The number of carboxylic acids is 1. The van der Waals surface area contributed by atoms with Crippen LogP contribution >= 0.6 is 0 Å². The zero-order valence-electron chi connectivity index (χ0n) is 10.4. The maximum absolute atomic E-state index is 12.0. The highest BCUT2D eigenvalue weighted by molar-refractivity contribution is 7.91. The molecule has 0 saturated carbocycles. The maximum Gasteiger partial charge on any atom is 0.326 e. The van der Waals surface area contributed by atoms with Gasteiger partial charge in [0.25, 0.3) is 0 Å². The first-order chi connectivity index (χ1) is 8.78. The molecule has 0 spiro atoms. The fourth-order valence-corrected chi connectivity index (χ4v) is 4.58. The van der Waals surface area contributed by atoms with E-state index in [4.69, 9.17) is 5.11 Å². The lowest BCUT2D eigenvalue weighted by Gasteiger charge is -2.22. The monoisotopic (exact) mass is 291 g/mol. The van der Waals surface area contributed by atoms with E-state index in [9.17, 15) is 23.1 Å². The Balaban J connectivity index is 1.98. The molecule has 108 valence electrons. The van der Waals surface area contributed by atoms with Crippen LogP contribution in [0.3, 0.4) is 0 Å². The number of rotatable bonds is 3. The second-order valence-electron chi connectivity index (χ2n) is 5.26. The molecule has 1 unspecified atom stereocenters. The number of carbonyl (C=O) groups is 2. The summed E-state index contributed by atoms with van der Waals surface area (Å²) in [5.41, 5.74) is 0. The zero-order chi connectivity index (χ0) is 14.2. The lowest BCUT2D eigenvalue weighted by atomic mass is 10.0. The number of carbonyl (C=O) groups excluding carboxylic acids is 1. The van der Waals surface area contributed by atoms with Gasteiger partial charge in [-0.2, -0.15) is 0 Å². The molecule has 8 heteroatoms. The van der Waals surface area contributed by atoms with Crippen molar-refractivity contribution in [2.45, 2.75) is 31.4 Å². The van der Waals surface area contributed by atoms with Crippen molar-refractivity contribution >= 4 is 21.7 Å². The molecule has 0 bridgehead atoms. The van der Waals surface area contributed by atoms with Crippen LogP contribution < -0.4 is 0 Å². The summed E-state index contributed by atoms with van der Waals surface area (Å²) in [5.74, 6) is -1.66. The summed E-state index contributed by atoms with van der Waals surface area (Å²) < 4.78 is 22.6. The fourth-order valence-electron chi connectivity index (χ4n) is 2.72. The van der Waals surface area contributed by atoms with Gasteiger partial charge in [0, 0.05) is 19.4 Å². The Kier molecular flexibility index (Phi) is 3.82. The lowest BCUT2D eigenvalue weighted by molar-refractivity contribution is -0.148. The Morgan fingerprint density at radius 2 is 2.00 bits per heavy atom. The minimum absolute atomic E-state index is 0.00707. The van der Waals surface area contributed by atoms with Crippen LogP contribution in [0.5, 0.6) is 0 Å². The van der Waals surface area contributed by atoms with Crippen LogP contribution in [0.25, 0.3) is 0 Å². The largest absolute Gasteiger partial charge is 0.480 e. The van der Waals surface area contributed by atoms with E-state index in [-0.39, 0.29) is 42.7 Å². The van der Waals surface area contributed by atoms with E-state index < -0.39 is 28.0 Å². The molecule has 2 fully saturated rings. The number of β-amino-alcohol motifs (C(OH)–C–C–N with tert-alkyl or cyclic N) is 1. The van der Waals surface area contributed by atoms with E-state index in [1.807, 2.05) is 0 Å². The molecule has 2 saturated heterocycles. The van der Waals surface area contributed by atoms with Gasteiger partial charge in [-0.15, -0.1) is 0 Å². The van der Waals surface area contributed by atoms with Crippen LogP contribution in [0.2, 0.25) is 0 Å². The van der Waals surface area contributed by atoms with Crippen molar-refractivity contribution in [1.82, 2.24) is 4.90 Å². The summed E-state index contributed by atoms with van der Waals surface area (Å²) in [5, 5.41) is 18.5. The number of hydrogen-bond acceptors (Lipinski definition) is 5. The molecular weight excluding hydrogens is 274 g/mol. The predicted molar refractivity (Wildman–Crippen MR) is 65.1 cm³/mol. The molecular formula is C11H17NO6S. The molecule has 7 nitrogen and oxygen atoms in total. The number of amides is 1. The van der Waals surface area contributed by atoms with Gasteiger partial charge >= 0.3 is 5.97 Å². The van der Waals surface area contributed by atoms with Gasteiger partial charge in [0.05, 0.1) is 17.6 Å². The van der Waals surface area contributed by atoms with Gasteiger partial charge in [-0.3, -0.25) is 4.79 Å². The van der Waals surface area contributed by atoms with Crippen molar-refractivity contribution in [2.75, 3.05) is 18.1 Å². The minimum atomic E-state index is -3.04. The first kappa shape index (κ1) is 14.3. The second-order valence-corrected chi connectivity index (χ2v) is 7.49. The number of hydrogen-bond donors (Lipinski definition) is 2. The maximum atomic E-state index is 12.0. The smallest absolute Gasteiger partial charge is 0.326 e. The van der Waals surface area contributed by atoms with Crippen molar-refractivity contribution in [2.24, 2.45) is 5.92 Å². The lowest BCUT2D eigenvalue weighted by Crippen LogP contribution is -2.41. The highest BCUT2D eigenvalue weighted by Gasteiger charge is 2.40. The molecule has 3 atom stereocenters. The fraction of sp³-hybridized carbons (Fsp3) is 0.818. The van der Waals surface area contributed by atoms with Crippen LogP contribution in [0.1, 0.15) is 19.3 Å². The molecule has 0 aromatic rings. The Hall–Kier alpha value is -1.15. The van der Waals surface area contributed by atoms with Gasteiger partial charge in [0.2, 0.25) is 5.91 Å². The standard InChI is InChI=1S/C11H17NO6S/c13-8-4-9(11(15)16)12(5-8)10(14)3-7-1-2-19(17,18)6-7/h7-9,13H,1-6H2,(H,15,16)/t7?,8-,9-/m0/s1. The first-order valence-corrected chi connectivity index (χ1v) is 8.01. The molecule has 2 aliphatic heterocycles. The van der Waals surface area contributed by atoms with Crippen molar-refractivity contribution in [3.63, 3.8) is 0 Å². The Morgan fingerprint density at radius 1 is 1.32 bits per heavy atom. The van der Waals surface area contributed by atoms with Crippen LogP contribution in [0.4, 0.5) is 0 Å². The van der Waals surface area contributed by atoms with E-state index in [0.717, 1.165) is 4.90 Å². The van der Waals surface area contributed by atoms with Crippen molar-refractivity contribution < 1.29 is 28.2 Å². The summed E-state index contributed by atoms with van der Waals surface area (Å²) >= 11 is 0. The van der Waals surface area contributed by atoms with E-state index in [0.29, 0.717) is 6.42 Å². The SMILES string of the molecule is O=C(O)[C@@H]1C[C@H](O)CN1C(=O)CC1CCS(=O)(=O)C1. The Bertz CT molecular complexity index is 487. The molecule has 2 N–H and O–H groups in total. The van der Waals surface area contributed by atoms with E-state index in [1.165, 1.54) is 0 Å². The summed E-state index contributed by atoms with van der Waals surface area (Å²) in [6, 6.07) is -1.000. The third kappa shape index (κ3) is 3.24. The van der Waals surface area contributed by atoms with Gasteiger partial charge in [-0.1, -0.05) is 0 Å². The molecule has 0 aromatic carbocycles. The summed E-state index contributed by atoms with van der Waals surface area (Å²) in [7, 11) is -3.04. The number of aliphatic carboxylic acids is 1. The Labute approximate surface area is 111 Å². The third-order valence-electron chi connectivity index (χ3n) is 3.67. The van der Waals surface area contributed by atoms with E-state index >= 15 is 0 Å². The van der Waals surface area contributed by atoms with Crippen molar-refractivity contribution in [1.29, 1.82) is 0 Å². The van der Waals surface area contributed by atoms with E-state index in [2.05, 4.69) is 0 Å². The molecule has 2 aliphatic rings. The number of carboxylic acid groups (broad SMARTS) is 1. The average Bonchev–Trinajstić information content (AvgIpc) is 2.82. The molecule has 2 rings (SSSR count). The predicted octanol–water partition coefficient (Wildman–Crippen LogP) is -1.14. The molecule has 0 radical (unpaired) electrons. The summed E-state index contributed by atoms with van der Waals surface area (Å²) in [6.07, 6.45) is -0.306. The second kappa shape index (κ2) is 5.09. The summed E-state index contributed by atoms with van der Waals surface area (Å²) in [6.45, 7) is 0.00920. The quantitative estimate of drug-likeness (QED) is 0.679. The molecule has 2 heterocycles. The normalized spacial score (nSPS) is 33.5. The van der Waals surface area contributed by atoms with Gasteiger partial charge in [-0.25, -0.2) is 13.2 Å². The number of likely N-dealkylation sites (tertiary alicyclic amines) is 1. The van der Waals surface area contributed by atoms with E-state index in [1.54, 1.807) is 0 Å². The highest BCUT2D eigenvalue weighted by atomic mass is 32.2. The number of aliphatic hydroxyl groups excluding tert-OH is 1. The molecule has 0 aromatic heterocycles. The minimum Gasteiger partial charge on any atom is -0.480 e. The highest BCUT2D eigenvalue weighted by Crippen LogP contribution is 2.25.